The molecule has 0 unspecified atom stereocenters. The van der Waals surface area contributed by atoms with Crippen molar-refractivity contribution >= 4 is 0 Å². The van der Waals surface area contributed by atoms with Crippen LogP contribution in [-0.2, 0) is 4.74 Å². The molecule has 2 atom stereocenters. The Morgan fingerprint density at radius 2 is 2.10 bits per heavy atom. The molecule has 1 aliphatic rings. The molecule has 1 aliphatic heterocycles. The lowest BCUT2D eigenvalue weighted by molar-refractivity contribution is 0.183. The molecule has 1 N–H and O–H groups in total. The molecule has 1 rings (SSSR count). The van der Waals surface area contributed by atoms with E-state index in [1.807, 2.05) is 0 Å². The van der Waals surface area contributed by atoms with E-state index >= 15 is 0 Å². The number of rotatable bonds is 2. The average molecular weight is 143 g/mol. The molecule has 0 spiro atoms. The Labute approximate surface area is 63.0 Å². The van der Waals surface area contributed by atoms with Crippen molar-refractivity contribution in [2.75, 3.05) is 13.2 Å². The third kappa shape index (κ3) is 1.96. The van der Waals surface area contributed by atoms with Gasteiger partial charge in [0, 0.05) is 12.1 Å². The summed E-state index contributed by atoms with van der Waals surface area (Å²) in [5, 5.41) is 3.47. The Morgan fingerprint density at radius 1 is 1.40 bits per heavy atom. The topological polar surface area (TPSA) is 21.3 Å². The predicted molar refractivity (Wildman–Crippen MR) is 42.0 cm³/mol. The van der Waals surface area contributed by atoms with Crippen molar-refractivity contribution in [2.24, 2.45) is 5.92 Å². The first-order valence-electron chi connectivity index (χ1n) is 4.04. The second kappa shape index (κ2) is 3.35. The summed E-state index contributed by atoms with van der Waals surface area (Å²) in [5.74, 6) is 0.683. The van der Waals surface area contributed by atoms with Crippen LogP contribution in [0, 0.1) is 5.92 Å². The second-order valence-electron chi connectivity index (χ2n) is 3.44. The average Bonchev–Trinajstić information content (AvgIpc) is 2.15. The summed E-state index contributed by atoms with van der Waals surface area (Å²) in [5.41, 5.74) is 0. The van der Waals surface area contributed by atoms with Gasteiger partial charge in [-0.15, -0.1) is 0 Å². The maximum absolute atomic E-state index is 5.31. The Kier molecular flexibility index (Phi) is 2.69. The summed E-state index contributed by atoms with van der Waals surface area (Å²) < 4.78 is 5.31. The molecule has 0 aliphatic carbocycles. The van der Waals surface area contributed by atoms with Crippen molar-refractivity contribution < 1.29 is 4.74 Å². The van der Waals surface area contributed by atoms with E-state index in [4.69, 9.17) is 4.74 Å². The number of ether oxygens (including phenoxy) is 1. The van der Waals surface area contributed by atoms with E-state index in [2.05, 4.69) is 26.1 Å². The molecule has 0 aromatic rings. The Hall–Kier alpha value is -0.0800. The van der Waals surface area contributed by atoms with Crippen LogP contribution in [0.1, 0.15) is 20.8 Å². The Bertz CT molecular complexity index is 103. The third-order valence-corrected chi connectivity index (χ3v) is 1.91. The second-order valence-corrected chi connectivity index (χ2v) is 3.44. The molecule has 0 bridgehead atoms. The fraction of sp³-hybridized carbons (Fsp3) is 1.00. The van der Waals surface area contributed by atoms with Crippen LogP contribution in [-0.4, -0.2) is 25.3 Å². The van der Waals surface area contributed by atoms with Gasteiger partial charge in [-0.05, 0) is 5.92 Å². The summed E-state index contributed by atoms with van der Waals surface area (Å²) >= 11 is 0. The van der Waals surface area contributed by atoms with Crippen molar-refractivity contribution in [2.45, 2.75) is 32.9 Å². The van der Waals surface area contributed by atoms with Gasteiger partial charge in [0.2, 0.25) is 0 Å². The van der Waals surface area contributed by atoms with Crippen LogP contribution >= 0.6 is 0 Å². The smallest absolute Gasteiger partial charge is 0.0623 e. The van der Waals surface area contributed by atoms with Crippen LogP contribution in [0.5, 0.6) is 0 Å². The van der Waals surface area contributed by atoms with Gasteiger partial charge in [0.15, 0.2) is 0 Å². The Morgan fingerprint density at radius 3 is 2.50 bits per heavy atom. The van der Waals surface area contributed by atoms with Crippen molar-refractivity contribution in [3.8, 4) is 0 Å². The van der Waals surface area contributed by atoms with Gasteiger partial charge >= 0.3 is 0 Å². The van der Waals surface area contributed by atoms with Crippen LogP contribution in [0.2, 0.25) is 0 Å². The van der Waals surface area contributed by atoms with E-state index in [-0.39, 0.29) is 0 Å². The zero-order chi connectivity index (χ0) is 7.56. The number of nitrogens with one attached hydrogen (secondary N) is 1. The molecule has 1 heterocycles. The molecule has 0 saturated carbocycles. The van der Waals surface area contributed by atoms with E-state index < -0.39 is 0 Å². The van der Waals surface area contributed by atoms with Crippen LogP contribution in [0.15, 0.2) is 0 Å². The lowest BCUT2D eigenvalue weighted by Gasteiger charge is -2.17. The zero-order valence-electron chi connectivity index (χ0n) is 7.05. The van der Waals surface area contributed by atoms with Gasteiger partial charge < -0.3 is 10.1 Å². The molecule has 0 aromatic carbocycles. The van der Waals surface area contributed by atoms with Crippen molar-refractivity contribution in [3.63, 3.8) is 0 Å². The quantitative estimate of drug-likeness (QED) is 0.623. The molecular formula is C8H17NO. The van der Waals surface area contributed by atoms with E-state index in [0.29, 0.717) is 18.0 Å². The number of hydrogen-bond donors (Lipinski definition) is 1. The standard InChI is InChI=1S/C8H17NO/c1-6(2)9-8-5-10-4-7(8)3/h6-9H,4-5H2,1-3H3/t7-,8-/m0/s1. The highest BCUT2D eigenvalue weighted by Gasteiger charge is 2.23. The predicted octanol–water partition coefficient (Wildman–Crippen LogP) is 1.02. The summed E-state index contributed by atoms with van der Waals surface area (Å²) in [6.45, 7) is 8.38. The molecular weight excluding hydrogens is 126 g/mol. The third-order valence-electron chi connectivity index (χ3n) is 1.91. The van der Waals surface area contributed by atoms with Crippen LogP contribution in [0.3, 0.4) is 0 Å². The highest BCUT2D eigenvalue weighted by molar-refractivity contribution is 4.79. The Balaban J connectivity index is 2.26. The first-order valence-corrected chi connectivity index (χ1v) is 4.04. The minimum absolute atomic E-state index is 0.578. The minimum atomic E-state index is 0.578. The summed E-state index contributed by atoms with van der Waals surface area (Å²) in [7, 11) is 0. The van der Waals surface area contributed by atoms with E-state index in [1.165, 1.54) is 0 Å². The molecule has 1 fully saturated rings. The van der Waals surface area contributed by atoms with Gasteiger partial charge in [-0.1, -0.05) is 20.8 Å². The van der Waals surface area contributed by atoms with Crippen LogP contribution < -0.4 is 5.32 Å². The molecule has 60 valence electrons. The van der Waals surface area contributed by atoms with E-state index in [1.54, 1.807) is 0 Å². The largest absolute Gasteiger partial charge is 0.379 e. The summed E-state index contributed by atoms with van der Waals surface area (Å²) in [6.07, 6.45) is 0. The maximum atomic E-state index is 5.31. The molecule has 0 radical (unpaired) electrons. The SMILES string of the molecule is CC(C)N[C@H]1COC[C@@H]1C. The molecule has 10 heavy (non-hydrogen) atoms. The molecule has 1 saturated heterocycles. The normalized spacial score (nSPS) is 33.6. The van der Waals surface area contributed by atoms with E-state index in [0.717, 1.165) is 13.2 Å². The fourth-order valence-electron chi connectivity index (χ4n) is 1.30. The van der Waals surface area contributed by atoms with Gasteiger partial charge in [0.1, 0.15) is 0 Å². The fourth-order valence-corrected chi connectivity index (χ4v) is 1.30. The molecule has 2 heteroatoms. The van der Waals surface area contributed by atoms with Gasteiger partial charge in [0.05, 0.1) is 13.2 Å². The van der Waals surface area contributed by atoms with E-state index in [9.17, 15) is 0 Å². The van der Waals surface area contributed by atoms with Crippen molar-refractivity contribution in [1.29, 1.82) is 0 Å². The first-order chi connectivity index (χ1) is 4.70. The summed E-state index contributed by atoms with van der Waals surface area (Å²) in [4.78, 5) is 0. The molecule has 0 amide bonds. The van der Waals surface area contributed by atoms with Gasteiger partial charge in [-0.25, -0.2) is 0 Å². The summed E-state index contributed by atoms with van der Waals surface area (Å²) in [6, 6.07) is 1.16. The molecule has 0 aromatic heterocycles. The zero-order valence-corrected chi connectivity index (χ0v) is 7.05. The van der Waals surface area contributed by atoms with Crippen molar-refractivity contribution in [1.82, 2.24) is 5.32 Å². The minimum Gasteiger partial charge on any atom is -0.379 e. The number of hydrogen-bond acceptors (Lipinski definition) is 2. The highest BCUT2D eigenvalue weighted by Crippen LogP contribution is 2.12. The van der Waals surface area contributed by atoms with Gasteiger partial charge in [-0.3, -0.25) is 0 Å². The lowest BCUT2D eigenvalue weighted by Crippen LogP contribution is -2.38. The van der Waals surface area contributed by atoms with Gasteiger partial charge in [0.25, 0.3) is 0 Å². The monoisotopic (exact) mass is 143 g/mol. The first kappa shape index (κ1) is 8.02. The van der Waals surface area contributed by atoms with Crippen molar-refractivity contribution in [3.05, 3.63) is 0 Å². The maximum Gasteiger partial charge on any atom is 0.0623 e. The van der Waals surface area contributed by atoms with Gasteiger partial charge in [-0.2, -0.15) is 0 Å². The van der Waals surface area contributed by atoms with Crippen LogP contribution in [0.25, 0.3) is 0 Å². The highest BCUT2D eigenvalue weighted by atomic mass is 16.5. The molecule has 2 nitrogen and oxygen atoms in total. The van der Waals surface area contributed by atoms with Crippen LogP contribution in [0.4, 0.5) is 0 Å². The lowest BCUT2D eigenvalue weighted by atomic mass is 10.1.